The molecular formula is C10H14O2. The van der Waals surface area contributed by atoms with Crippen LogP contribution in [-0.2, 0) is 13.0 Å². The van der Waals surface area contributed by atoms with Crippen LogP contribution in [0.5, 0.6) is 5.75 Å². The molecule has 2 N–H and O–H groups in total. The summed E-state index contributed by atoms with van der Waals surface area (Å²) in [7, 11) is 0. The molecule has 0 atom stereocenters. The van der Waals surface area contributed by atoms with Crippen molar-refractivity contribution in [2.45, 2.75) is 26.9 Å². The molecule has 0 aliphatic heterocycles. The average Bonchev–Trinajstić information content (AvgIpc) is 2.09. The number of benzene rings is 1. The number of phenolic OH excluding ortho intramolecular Hbond substituents is 1. The monoisotopic (exact) mass is 166 g/mol. The fourth-order valence-corrected chi connectivity index (χ4v) is 1.34. The summed E-state index contributed by atoms with van der Waals surface area (Å²) < 4.78 is 0. The van der Waals surface area contributed by atoms with E-state index in [-0.39, 0.29) is 6.61 Å². The molecule has 0 saturated heterocycles. The van der Waals surface area contributed by atoms with Crippen LogP contribution in [0.1, 0.15) is 23.6 Å². The highest BCUT2D eigenvalue weighted by Crippen LogP contribution is 2.25. The number of aryl methyl sites for hydroxylation is 1. The van der Waals surface area contributed by atoms with Crippen molar-refractivity contribution in [2.75, 3.05) is 0 Å². The fourth-order valence-electron chi connectivity index (χ4n) is 1.34. The van der Waals surface area contributed by atoms with Gasteiger partial charge in [-0.1, -0.05) is 19.1 Å². The molecule has 0 unspecified atom stereocenters. The molecule has 1 aromatic rings. The summed E-state index contributed by atoms with van der Waals surface area (Å²) in [5.41, 5.74) is 2.54. The third-order valence-corrected chi connectivity index (χ3v) is 2.11. The van der Waals surface area contributed by atoms with E-state index in [4.69, 9.17) is 5.11 Å². The second-order valence-corrected chi connectivity index (χ2v) is 2.88. The number of aliphatic hydroxyl groups is 1. The molecule has 0 amide bonds. The standard InChI is InChI=1S/C10H14O2/c1-3-9-8(6-11)5-4-7(2)10(9)12/h4-5,11-12H,3,6H2,1-2H3. The van der Waals surface area contributed by atoms with Crippen molar-refractivity contribution >= 4 is 0 Å². The van der Waals surface area contributed by atoms with Gasteiger partial charge in [0.05, 0.1) is 6.61 Å². The van der Waals surface area contributed by atoms with Gasteiger partial charge in [0.1, 0.15) is 5.75 Å². The van der Waals surface area contributed by atoms with Gasteiger partial charge in [-0.25, -0.2) is 0 Å². The zero-order valence-electron chi connectivity index (χ0n) is 7.46. The Kier molecular flexibility index (Phi) is 2.71. The first kappa shape index (κ1) is 9.07. The Balaban J connectivity index is 3.25. The van der Waals surface area contributed by atoms with E-state index in [2.05, 4.69) is 0 Å². The summed E-state index contributed by atoms with van der Waals surface area (Å²) in [6.07, 6.45) is 0.753. The molecule has 0 spiro atoms. The zero-order valence-corrected chi connectivity index (χ0v) is 7.46. The number of rotatable bonds is 2. The van der Waals surface area contributed by atoms with Crippen molar-refractivity contribution in [3.8, 4) is 5.75 Å². The summed E-state index contributed by atoms with van der Waals surface area (Å²) in [4.78, 5) is 0. The fraction of sp³-hybridized carbons (Fsp3) is 0.400. The average molecular weight is 166 g/mol. The van der Waals surface area contributed by atoms with Crippen LogP contribution in [0.3, 0.4) is 0 Å². The van der Waals surface area contributed by atoms with Crippen LogP contribution < -0.4 is 0 Å². The molecule has 2 nitrogen and oxygen atoms in total. The number of aromatic hydroxyl groups is 1. The van der Waals surface area contributed by atoms with Crippen molar-refractivity contribution in [3.63, 3.8) is 0 Å². The van der Waals surface area contributed by atoms with Crippen LogP contribution in [0.15, 0.2) is 12.1 Å². The first-order valence-corrected chi connectivity index (χ1v) is 4.11. The van der Waals surface area contributed by atoms with Crippen molar-refractivity contribution in [2.24, 2.45) is 0 Å². The van der Waals surface area contributed by atoms with Gasteiger partial charge in [-0.05, 0) is 30.0 Å². The van der Waals surface area contributed by atoms with Gasteiger partial charge in [-0.2, -0.15) is 0 Å². The predicted molar refractivity (Wildman–Crippen MR) is 48.1 cm³/mol. The topological polar surface area (TPSA) is 40.5 Å². The Hall–Kier alpha value is -1.02. The largest absolute Gasteiger partial charge is 0.507 e. The normalized spacial score (nSPS) is 10.2. The molecule has 1 rings (SSSR count). The van der Waals surface area contributed by atoms with E-state index in [0.717, 1.165) is 23.1 Å². The molecule has 0 heterocycles. The highest BCUT2D eigenvalue weighted by Gasteiger charge is 2.06. The highest BCUT2D eigenvalue weighted by molar-refractivity contribution is 5.44. The van der Waals surface area contributed by atoms with Crippen molar-refractivity contribution in [1.29, 1.82) is 0 Å². The maximum absolute atomic E-state index is 9.60. The van der Waals surface area contributed by atoms with Crippen LogP contribution in [0.4, 0.5) is 0 Å². The first-order valence-electron chi connectivity index (χ1n) is 4.11. The number of hydrogen-bond donors (Lipinski definition) is 2. The molecule has 0 radical (unpaired) electrons. The summed E-state index contributed by atoms with van der Waals surface area (Å²) in [5.74, 6) is 0.323. The lowest BCUT2D eigenvalue weighted by Crippen LogP contribution is -1.94. The Labute approximate surface area is 72.5 Å². The van der Waals surface area contributed by atoms with Crippen LogP contribution in [-0.4, -0.2) is 10.2 Å². The lowest BCUT2D eigenvalue weighted by atomic mass is 10.0. The second-order valence-electron chi connectivity index (χ2n) is 2.88. The number of phenols is 1. The molecule has 66 valence electrons. The van der Waals surface area contributed by atoms with E-state index in [0.29, 0.717) is 5.75 Å². The van der Waals surface area contributed by atoms with Crippen LogP contribution in [0.25, 0.3) is 0 Å². The van der Waals surface area contributed by atoms with E-state index in [1.165, 1.54) is 0 Å². The lowest BCUT2D eigenvalue weighted by molar-refractivity contribution is 0.279. The van der Waals surface area contributed by atoms with Gasteiger partial charge in [0, 0.05) is 0 Å². The molecule has 0 aromatic heterocycles. The van der Waals surface area contributed by atoms with Gasteiger partial charge in [0.25, 0.3) is 0 Å². The smallest absolute Gasteiger partial charge is 0.122 e. The van der Waals surface area contributed by atoms with Gasteiger partial charge in [0.15, 0.2) is 0 Å². The quantitative estimate of drug-likeness (QED) is 0.702. The van der Waals surface area contributed by atoms with Gasteiger partial charge in [0.2, 0.25) is 0 Å². The molecule has 0 aliphatic carbocycles. The summed E-state index contributed by atoms with van der Waals surface area (Å²) in [6.45, 7) is 3.82. The second kappa shape index (κ2) is 3.59. The molecule has 12 heavy (non-hydrogen) atoms. The Morgan fingerprint density at radius 2 is 2.00 bits per heavy atom. The molecule has 0 bridgehead atoms. The van der Waals surface area contributed by atoms with Crippen molar-refractivity contribution in [1.82, 2.24) is 0 Å². The molecular weight excluding hydrogens is 152 g/mol. The highest BCUT2D eigenvalue weighted by atomic mass is 16.3. The molecule has 0 saturated carbocycles. The van der Waals surface area contributed by atoms with E-state index >= 15 is 0 Å². The Morgan fingerprint density at radius 1 is 1.33 bits per heavy atom. The third-order valence-electron chi connectivity index (χ3n) is 2.11. The number of aliphatic hydroxyl groups excluding tert-OH is 1. The number of hydrogen-bond acceptors (Lipinski definition) is 2. The lowest BCUT2D eigenvalue weighted by Gasteiger charge is -2.09. The summed E-state index contributed by atoms with van der Waals surface area (Å²) in [6, 6.07) is 3.67. The SMILES string of the molecule is CCc1c(CO)ccc(C)c1O. The predicted octanol–water partition coefficient (Wildman–Crippen LogP) is 1.76. The van der Waals surface area contributed by atoms with Crippen molar-refractivity contribution in [3.05, 3.63) is 28.8 Å². The van der Waals surface area contributed by atoms with E-state index in [9.17, 15) is 5.11 Å². The minimum absolute atomic E-state index is 0.00296. The summed E-state index contributed by atoms with van der Waals surface area (Å²) >= 11 is 0. The Morgan fingerprint density at radius 3 is 2.50 bits per heavy atom. The zero-order chi connectivity index (χ0) is 9.14. The van der Waals surface area contributed by atoms with Gasteiger partial charge in [-0.3, -0.25) is 0 Å². The summed E-state index contributed by atoms with van der Waals surface area (Å²) in [5, 5.41) is 18.6. The minimum atomic E-state index is -0.00296. The van der Waals surface area contributed by atoms with E-state index in [1.807, 2.05) is 26.0 Å². The molecule has 0 fully saturated rings. The van der Waals surface area contributed by atoms with E-state index in [1.54, 1.807) is 0 Å². The van der Waals surface area contributed by atoms with Gasteiger partial charge < -0.3 is 10.2 Å². The molecule has 2 heteroatoms. The van der Waals surface area contributed by atoms with Crippen LogP contribution in [0.2, 0.25) is 0 Å². The Bertz CT molecular complexity index is 279. The maximum atomic E-state index is 9.60. The molecule has 0 aliphatic rings. The maximum Gasteiger partial charge on any atom is 0.122 e. The van der Waals surface area contributed by atoms with Crippen molar-refractivity contribution < 1.29 is 10.2 Å². The molecule has 1 aromatic carbocycles. The van der Waals surface area contributed by atoms with Crippen LogP contribution >= 0.6 is 0 Å². The van der Waals surface area contributed by atoms with Gasteiger partial charge >= 0.3 is 0 Å². The van der Waals surface area contributed by atoms with Gasteiger partial charge in [-0.15, -0.1) is 0 Å². The van der Waals surface area contributed by atoms with E-state index < -0.39 is 0 Å². The van der Waals surface area contributed by atoms with Crippen LogP contribution in [0, 0.1) is 6.92 Å². The minimum Gasteiger partial charge on any atom is -0.507 e. The third kappa shape index (κ3) is 1.43. The first-order chi connectivity index (χ1) is 5.70.